The molecule has 41 heavy (non-hydrogen) atoms. The number of rotatable bonds is 3. The van der Waals surface area contributed by atoms with Crippen LogP contribution in [0.15, 0.2) is 18.3 Å². The summed E-state index contributed by atoms with van der Waals surface area (Å²) < 4.78 is 56.6. The summed E-state index contributed by atoms with van der Waals surface area (Å²) in [6.07, 6.45) is -0.298. The lowest BCUT2D eigenvalue weighted by Gasteiger charge is -2.54. The molecule has 220 valence electrons. The van der Waals surface area contributed by atoms with Gasteiger partial charge in [-0.25, -0.2) is 18.2 Å². The summed E-state index contributed by atoms with van der Waals surface area (Å²) in [6, 6.07) is 4.24. The summed E-state index contributed by atoms with van der Waals surface area (Å²) in [5.74, 6) is 0.554. The zero-order valence-electron chi connectivity index (χ0n) is 23.4. The molecule has 6 aliphatic heterocycles. The van der Waals surface area contributed by atoms with E-state index in [2.05, 4.69) is 31.9 Å². The molecule has 2 aromatic heterocycles. The van der Waals surface area contributed by atoms with Crippen molar-refractivity contribution in [1.82, 2.24) is 20.2 Å². The molecule has 0 aliphatic carbocycles. The van der Waals surface area contributed by atoms with Crippen LogP contribution in [0.4, 0.5) is 24.7 Å². The predicted octanol–water partition coefficient (Wildman–Crippen LogP) is 3.22. The van der Waals surface area contributed by atoms with Crippen molar-refractivity contribution in [2.75, 3.05) is 68.8 Å². The fourth-order valence-electron chi connectivity index (χ4n) is 8.29. The van der Waals surface area contributed by atoms with Gasteiger partial charge < -0.3 is 24.6 Å². The maximum absolute atomic E-state index is 15.3. The topological polar surface area (TPSA) is 66.0 Å². The fraction of sp³-hybridized carbons (Fsp3) is 0.667. The van der Waals surface area contributed by atoms with E-state index in [0.717, 1.165) is 44.1 Å². The van der Waals surface area contributed by atoms with Crippen LogP contribution in [0, 0.1) is 6.92 Å². The van der Waals surface area contributed by atoms with E-state index in [4.69, 9.17) is 14.5 Å². The Kier molecular flexibility index (Phi) is 6.08. The van der Waals surface area contributed by atoms with Gasteiger partial charge in [0.25, 0.3) is 6.43 Å². The number of ether oxygens (including phenoxy) is 2. The molecule has 4 fully saturated rings. The Labute approximate surface area is 238 Å². The van der Waals surface area contributed by atoms with Crippen LogP contribution >= 0.6 is 0 Å². The number of alkyl halides is 3. The third-order valence-corrected chi connectivity index (χ3v) is 10.4. The standard InChI is InChI=1S/C30H37F3N6O2/c1-18-2-5-35-27-25(18)29(41-30(27)16-40-17-30)3-8-38(9-4-29)24-14-21-20(26(36-24)28(32)33)12-19(31)13-22-23(15-39(21)22)37-10-6-34-7-11-37/h2,5,14,19,22-23,28,34H,3-4,6-13,15-17H2,1H3/t19-,22?,23?/m0/s1. The molecule has 0 aromatic carbocycles. The minimum Gasteiger partial charge on any atom is -0.374 e. The minimum atomic E-state index is -2.76. The Morgan fingerprint density at radius 2 is 1.85 bits per heavy atom. The first kappa shape index (κ1) is 26.2. The monoisotopic (exact) mass is 570 g/mol. The minimum absolute atomic E-state index is 0.00509. The van der Waals surface area contributed by atoms with E-state index < -0.39 is 23.8 Å². The number of nitrogens with zero attached hydrogens (tertiary/aromatic N) is 5. The average Bonchev–Trinajstić information content (AvgIpc) is 3.19. The molecule has 0 amide bonds. The SMILES string of the molecule is Cc1ccnc2c1C1(CCN(c3cc4c(c(C(F)F)n3)C[C@H](F)CC3C(N5CCNCC5)CN43)CC1)OC21COC1. The normalized spacial score (nSPS) is 30.0. The summed E-state index contributed by atoms with van der Waals surface area (Å²) in [4.78, 5) is 15.9. The first-order valence-electron chi connectivity index (χ1n) is 15.0. The lowest BCUT2D eigenvalue weighted by atomic mass is 9.81. The van der Waals surface area contributed by atoms with E-state index in [0.29, 0.717) is 56.9 Å². The van der Waals surface area contributed by atoms with Gasteiger partial charge in [0, 0.05) is 99.8 Å². The van der Waals surface area contributed by atoms with Crippen LogP contribution in [0.1, 0.15) is 53.8 Å². The van der Waals surface area contributed by atoms with Crippen LogP contribution in [0.5, 0.6) is 0 Å². The van der Waals surface area contributed by atoms with Crippen LogP contribution < -0.4 is 15.1 Å². The summed E-state index contributed by atoms with van der Waals surface area (Å²) in [5, 5.41) is 3.38. The van der Waals surface area contributed by atoms with Crippen LogP contribution in [0.2, 0.25) is 0 Å². The molecular weight excluding hydrogens is 533 g/mol. The number of fused-ring (bicyclic) bond motifs is 6. The van der Waals surface area contributed by atoms with Crippen molar-refractivity contribution < 1.29 is 22.6 Å². The maximum atomic E-state index is 15.3. The lowest BCUT2D eigenvalue weighted by Crippen LogP contribution is -2.69. The van der Waals surface area contributed by atoms with Crippen LogP contribution in [-0.4, -0.2) is 92.2 Å². The summed E-state index contributed by atoms with van der Waals surface area (Å²) in [7, 11) is 0. The molecule has 6 aliphatic rings. The van der Waals surface area contributed by atoms with Gasteiger partial charge in [-0.3, -0.25) is 9.88 Å². The van der Waals surface area contributed by atoms with E-state index in [9.17, 15) is 8.78 Å². The molecule has 0 radical (unpaired) electrons. The highest BCUT2D eigenvalue weighted by molar-refractivity contribution is 5.66. The van der Waals surface area contributed by atoms with Crippen molar-refractivity contribution in [1.29, 1.82) is 0 Å². The molecule has 2 aromatic rings. The molecule has 8 nitrogen and oxygen atoms in total. The second-order valence-corrected chi connectivity index (χ2v) is 12.7. The highest BCUT2D eigenvalue weighted by atomic mass is 19.3. The molecule has 0 saturated carbocycles. The zero-order valence-corrected chi connectivity index (χ0v) is 23.4. The molecular formula is C30H37F3N6O2. The third-order valence-electron chi connectivity index (χ3n) is 10.4. The van der Waals surface area contributed by atoms with Crippen molar-refractivity contribution in [3.8, 4) is 0 Å². The fourth-order valence-corrected chi connectivity index (χ4v) is 8.29. The molecule has 0 bridgehead atoms. The number of hydrogen-bond acceptors (Lipinski definition) is 8. The summed E-state index contributed by atoms with van der Waals surface area (Å²) in [6.45, 7) is 8.83. The second kappa shape index (κ2) is 9.52. The van der Waals surface area contributed by atoms with Crippen LogP contribution in [-0.2, 0) is 27.1 Å². The number of pyridine rings is 2. The van der Waals surface area contributed by atoms with E-state index in [1.807, 2.05) is 18.3 Å². The molecule has 8 rings (SSSR count). The smallest absolute Gasteiger partial charge is 0.280 e. The van der Waals surface area contributed by atoms with Crippen molar-refractivity contribution >= 4 is 11.5 Å². The number of anilines is 2. The number of nitrogens with one attached hydrogen (secondary N) is 1. The Hall–Kier alpha value is -2.47. The molecule has 3 atom stereocenters. The number of hydrogen-bond donors (Lipinski definition) is 1. The van der Waals surface area contributed by atoms with Gasteiger partial charge in [-0.15, -0.1) is 0 Å². The molecule has 4 saturated heterocycles. The van der Waals surface area contributed by atoms with Gasteiger partial charge in [-0.1, -0.05) is 0 Å². The van der Waals surface area contributed by atoms with Gasteiger partial charge in [0.1, 0.15) is 23.3 Å². The molecule has 1 N–H and O–H groups in total. The van der Waals surface area contributed by atoms with Gasteiger partial charge in [0.2, 0.25) is 0 Å². The number of piperidine rings is 1. The quantitative estimate of drug-likeness (QED) is 0.604. The molecule has 8 heterocycles. The summed E-state index contributed by atoms with van der Waals surface area (Å²) >= 11 is 0. The average molecular weight is 571 g/mol. The van der Waals surface area contributed by atoms with Crippen molar-refractivity contribution in [3.05, 3.63) is 46.4 Å². The largest absolute Gasteiger partial charge is 0.374 e. The predicted molar refractivity (Wildman–Crippen MR) is 147 cm³/mol. The first-order chi connectivity index (χ1) is 19.9. The summed E-state index contributed by atoms with van der Waals surface area (Å²) in [5.41, 5.74) is 3.24. The Bertz CT molecular complexity index is 1340. The molecule has 2 unspecified atom stereocenters. The Morgan fingerprint density at radius 3 is 2.56 bits per heavy atom. The second-order valence-electron chi connectivity index (χ2n) is 12.7. The van der Waals surface area contributed by atoms with E-state index in [1.54, 1.807) is 0 Å². The number of aryl methyl sites for hydroxylation is 1. The van der Waals surface area contributed by atoms with Gasteiger partial charge in [0.15, 0.2) is 5.60 Å². The number of halogens is 3. The van der Waals surface area contributed by atoms with E-state index >= 15 is 4.39 Å². The van der Waals surface area contributed by atoms with Gasteiger partial charge in [-0.05, 0) is 31.4 Å². The highest BCUT2D eigenvalue weighted by Crippen LogP contribution is 2.55. The van der Waals surface area contributed by atoms with Crippen molar-refractivity contribution in [3.63, 3.8) is 0 Å². The van der Waals surface area contributed by atoms with Gasteiger partial charge >= 0.3 is 0 Å². The molecule has 2 spiro atoms. The van der Waals surface area contributed by atoms with Gasteiger partial charge in [0.05, 0.1) is 18.9 Å². The van der Waals surface area contributed by atoms with Crippen molar-refractivity contribution in [2.24, 2.45) is 0 Å². The highest BCUT2D eigenvalue weighted by Gasteiger charge is 2.59. The van der Waals surface area contributed by atoms with Crippen LogP contribution in [0.25, 0.3) is 0 Å². The zero-order chi connectivity index (χ0) is 27.9. The lowest BCUT2D eigenvalue weighted by molar-refractivity contribution is -0.260. The Morgan fingerprint density at radius 1 is 1.07 bits per heavy atom. The van der Waals surface area contributed by atoms with Gasteiger partial charge in [-0.2, -0.15) is 0 Å². The number of aromatic nitrogens is 2. The number of piperazine rings is 1. The third kappa shape index (κ3) is 3.95. The Balaban J connectivity index is 1.09. The molecule has 11 heteroatoms. The van der Waals surface area contributed by atoms with Crippen LogP contribution in [0.3, 0.4) is 0 Å². The van der Waals surface area contributed by atoms with Crippen molar-refractivity contribution in [2.45, 2.75) is 68.5 Å². The van der Waals surface area contributed by atoms with E-state index in [-0.39, 0.29) is 24.2 Å². The van der Waals surface area contributed by atoms with E-state index in [1.165, 1.54) is 11.1 Å². The maximum Gasteiger partial charge on any atom is 0.280 e. The first-order valence-corrected chi connectivity index (χ1v) is 15.0.